The Hall–Kier alpha value is -0.510. The van der Waals surface area contributed by atoms with Gasteiger partial charge in [-0.15, -0.1) is 11.8 Å². The molecule has 2 rings (SSSR count). The SMILES string of the molecule is CC(CCN)C(N)c1ccc2c(c1)CCCS2. The quantitative estimate of drug-likeness (QED) is 0.864. The van der Waals surface area contributed by atoms with Crippen molar-refractivity contribution in [3.05, 3.63) is 29.3 Å². The molecule has 0 aliphatic carbocycles. The minimum Gasteiger partial charge on any atom is -0.330 e. The summed E-state index contributed by atoms with van der Waals surface area (Å²) in [5.74, 6) is 1.71. The Morgan fingerprint density at radius 3 is 3.00 bits per heavy atom. The van der Waals surface area contributed by atoms with Gasteiger partial charge in [0.1, 0.15) is 0 Å². The molecule has 17 heavy (non-hydrogen) atoms. The molecule has 0 saturated carbocycles. The minimum atomic E-state index is 0.121. The predicted octanol–water partition coefficient (Wildman–Crippen LogP) is 2.71. The first-order valence-electron chi connectivity index (χ1n) is 6.43. The maximum absolute atomic E-state index is 6.30. The largest absolute Gasteiger partial charge is 0.330 e. The Balaban J connectivity index is 2.15. The van der Waals surface area contributed by atoms with Gasteiger partial charge in [-0.1, -0.05) is 19.1 Å². The molecule has 1 aliphatic rings. The predicted molar refractivity (Wildman–Crippen MR) is 75.3 cm³/mol. The molecule has 2 atom stereocenters. The number of thioether (sulfide) groups is 1. The monoisotopic (exact) mass is 250 g/mol. The molecule has 2 unspecified atom stereocenters. The molecule has 0 aromatic heterocycles. The third-order valence-corrected chi connectivity index (χ3v) is 4.75. The fourth-order valence-electron chi connectivity index (χ4n) is 2.36. The van der Waals surface area contributed by atoms with Gasteiger partial charge in [0.2, 0.25) is 0 Å². The highest BCUT2D eigenvalue weighted by atomic mass is 32.2. The summed E-state index contributed by atoms with van der Waals surface area (Å²) < 4.78 is 0. The average Bonchev–Trinajstić information content (AvgIpc) is 2.37. The minimum absolute atomic E-state index is 0.121. The van der Waals surface area contributed by atoms with Crippen molar-refractivity contribution in [3.63, 3.8) is 0 Å². The normalized spacial score (nSPS) is 18.5. The van der Waals surface area contributed by atoms with Gasteiger partial charge in [-0.05, 0) is 54.7 Å². The van der Waals surface area contributed by atoms with Crippen molar-refractivity contribution in [1.29, 1.82) is 0 Å². The topological polar surface area (TPSA) is 52.0 Å². The second-order valence-electron chi connectivity index (χ2n) is 4.90. The van der Waals surface area contributed by atoms with Crippen LogP contribution in [0.15, 0.2) is 23.1 Å². The van der Waals surface area contributed by atoms with E-state index in [2.05, 4.69) is 25.1 Å². The van der Waals surface area contributed by atoms with Crippen molar-refractivity contribution in [3.8, 4) is 0 Å². The summed E-state index contributed by atoms with van der Waals surface area (Å²) in [4.78, 5) is 1.44. The first kappa shape index (κ1) is 12.9. The molecule has 1 aromatic carbocycles. The van der Waals surface area contributed by atoms with Crippen LogP contribution in [0.5, 0.6) is 0 Å². The van der Waals surface area contributed by atoms with Crippen LogP contribution in [-0.4, -0.2) is 12.3 Å². The highest BCUT2D eigenvalue weighted by Crippen LogP contribution is 2.32. The summed E-state index contributed by atoms with van der Waals surface area (Å²) in [7, 11) is 0. The van der Waals surface area contributed by atoms with Crippen LogP contribution in [0.4, 0.5) is 0 Å². The lowest BCUT2D eigenvalue weighted by molar-refractivity contribution is 0.444. The Kier molecular flexibility index (Phi) is 4.48. The summed E-state index contributed by atoms with van der Waals surface area (Å²) >= 11 is 1.97. The molecule has 1 heterocycles. The highest BCUT2D eigenvalue weighted by molar-refractivity contribution is 7.99. The Morgan fingerprint density at radius 1 is 1.41 bits per heavy atom. The van der Waals surface area contributed by atoms with Crippen molar-refractivity contribution < 1.29 is 0 Å². The molecule has 1 aliphatic heterocycles. The van der Waals surface area contributed by atoms with Crippen molar-refractivity contribution in [2.24, 2.45) is 17.4 Å². The molecule has 0 fully saturated rings. The Labute approximate surface area is 108 Å². The molecular formula is C14H22N2S. The average molecular weight is 250 g/mol. The summed E-state index contributed by atoms with van der Waals surface area (Å²) in [5, 5.41) is 0. The fraction of sp³-hybridized carbons (Fsp3) is 0.571. The van der Waals surface area contributed by atoms with E-state index in [9.17, 15) is 0 Å². The van der Waals surface area contributed by atoms with Gasteiger partial charge in [0.15, 0.2) is 0 Å². The first-order valence-corrected chi connectivity index (χ1v) is 7.42. The van der Waals surface area contributed by atoms with E-state index in [4.69, 9.17) is 11.5 Å². The second kappa shape index (κ2) is 5.89. The van der Waals surface area contributed by atoms with Crippen LogP contribution >= 0.6 is 11.8 Å². The molecule has 4 N–H and O–H groups in total. The molecule has 1 aromatic rings. The van der Waals surface area contributed by atoms with Gasteiger partial charge in [0.05, 0.1) is 0 Å². The maximum atomic E-state index is 6.30. The van der Waals surface area contributed by atoms with Gasteiger partial charge in [-0.2, -0.15) is 0 Å². The number of hydrogen-bond donors (Lipinski definition) is 2. The highest BCUT2D eigenvalue weighted by Gasteiger charge is 2.17. The molecule has 2 nitrogen and oxygen atoms in total. The lowest BCUT2D eigenvalue weighted by atomic mass is 9.91. The number of benzene rings is 1. The summed E-state index contributed by atoms with van der Waals surface area (Å²) in [6.45, 7) is 2.90. The van der Waals surface area contributed by atoms with E-state index in [1.54, 1.807) is 0 Å². The van der Waals surface area contributed by atoms with E-state index in [0.717, 1.165) is 13.0 Å². The van der Waals surface area contributed by atoms with Gasteiger partial charge < -0.3 is 11.5 Å². The lowest BCUT2D eigenvalue weighted by Gasteiger charge is -2.22. The fourth-order valence-corrected chi connectivity index (χ4v) is 3.38. The van der Waals surface area contributed by atoms with Gasteiger partial charge >= 0.3 is 0 Å². The molecule has 94 valence electrons. The van der Waals surface area contributed by atoms with E-state index in [1.807, 2.05) is 11.8 Å². The van der Waals surface area contributed by atoms with Crippen LogP contribution in [0.25, 0.3) is 0 Å². The lowest BCUT2D eigenvalue weighted by Crippen LogP contribution is -2.22. The Bertz CT molecular complexity index is 378. The van der Waals surface area contributed by atoms with Crippen LogP contribution in [0.3, 0.4) is 0 Å². The zero-order chi connectivity index (χ0) is 12.3. The van der Waals surface area contributed by atoms with E-state index in [0.29, 0.717) is 5.92 Å². The van der Waals surface area contributed by atoms with Crippen molar-refractivity contribution >= 4 is 11.8 Å². The van der Waals surface area contributed by atoms with Crippen molar-refractivity contribution in [1.82, 2.24) is 0 Å². The molecular weight excluding hydrogens is 228 g/mol. The molecule has 0 bridgehead atoms. The summed E-state index contributed by atoms with van der Waals surface area (Å²) in [5.41, 5.74) is 14.6. The third-order valence-electron chi connectivity index (χ3n) is 3.55. The number of nitrogens with two attached hydrogens (primary N) is 2. The second-order valence-corrected chi connectivity index (χ2v) is 6.04. The molecule has 0 radical (unpaired) electrons. The third kappa shape index (κ3) is 3.03. The summed E-state index contributed by atoms with van der Waals surface area (Å²) in [6.07, 6.45) is 3.48. The van der Waals surface area contributed by atoms with Crippen LogP contribution in [0.1, 0.15) is 36.9 Å². The van der Waals surface area contributed by atoms with E-state index >= 15 is 0 Å². The van der Waals surface area contributed by atoms with Crippen LogP contribution in [0, 0.1) is 5.92 Å². The molecule has 0 spiro atoms. The smallest absolute Gasteiger partial charge is 0.0321 e. The van der Waals surface area contributed by atoms with E-state index in [1.165, 1.54) is 34.6 Å². The molecule has 0 saturated heterocycles. The number of aryl methyl sites for hydroxylation is 1. The van der Waals surface area contributed by atoms with Crippen LogP contribution < -0.4 is 11.5 Å². The standard InChI is InChI=1S/C14H22N2S/c1-10(6-7-15)14(16)12-4-5-13-11(9-12)3-2-8-17-13/h4-5,9-10,14H,2-3,6-8,15-16H2,1H3. The number of fused-ring (bicyclic) bond motifs is 1. The van der Waals surface area contributed by atoms with E-state index in [-0.39, 0.29) is 6.04 Å². The number of hydrogen-bond acceptors (Lipinski definition) is 3. The van der Waals surface area contributed by atoms with Gasteiger partial charge in [0.25, 0.3) is 0 Å². The first-order chi connectivity index (χ1) is 8.22. The summed E-state index contributed by atoms with van der Waals surface area (Å²) in [6, 6.07) is 6.85. The van der Waals surface area contributed by atoms with Crippen LogP contribution in [0.2, 0.25) is 0 Å². The molecule has 3 heteroatoms. The van der Waals surface area contributed by atoms with Crippen LogP contribution in [-0.2, 0) is 6.42 Å². The number of rotatable bonds is 4. The van der Waals surface area contributed by atoms with Gasteiger partial charge in [-0.3, -0.25) is 0 Å². The van der Waals surface area contributed by atoms with Gasteiger partial charge in [0, 0.05) is 10.9 Å². The maximum Gasteiger partial charge on any atom is 0.0321 e. The zero-order valence-electron chi connectivity index (χ0n) is 10.5. The zero-order valence-corrected chi connectivity index (χ0v) is 11.3. The van der Waals surface area contributed by atoms with E-state index < -0.39 is 0 Å². The van der Waals surface area contributed by atoms with Gasteiger partial charge in [-0.25, -0.2) is 0 Å². The molecule has 0 amide bonds. The van der Waals surface area contributed by atoms with Crippen molar-refractivity contribution in [2.45, 2.75) is 37.1 Å². The van der Waals surface area contributed by atoms with Crippen molar-refractivity contribution in [2.75, 3.05) is 12.3 Å². The Morgan fingerprint density at radius 2 is 2.24 bits per heavy atom.